The molecule has 0 atom stereocenters. The molecule has 328 valence electrons. The molecule has 0 amide bonds. The van der Waals surface area contributed by atoms with Crippen LogP contribution in [-0.2, 0) is 18.3 Å². The van der Waals surface area contributed by atoms with Gasteiger partial charge in [0.2, 0.25) is 0 Å². The van der Waals surface area contributed by atoms with Gasteiger partial charge in [-0.05, 0) is 117 Å². The molecule has 0 radical (unpaired) electrons. The summed E-state index contributed by atoms with van der Waals surface area (Å²) in [5.41, 5.74) is 20.3. The molecule has 2 aromatic heterocycles. The SMILES string of the molecule is CCCCCCc1cc(CCCCCC)cc(-c2ccc3c(c2)C2(c4ccccc4-c4ccccc42)c2cc(-c4ccc(-c5nc(-c6ccccc6)nc(-c6ccccc6)n5)cn4)ccc2-3)c1. The summed E-state index contributed by atoms with van der Waals surface area (Å²) >= 11 is 0. The average Bonchev–Trinajstić information content (AvgIpc) is 3.86. The van der Waals surface area contributed by atoms with Crippen LogP contribution < -0.4 is 0 Å². The van der Waals surface area contributed by atoms with E-state index in [2.05, 4.69) is 129 Å². The van der Waals surface area contributed by atoms with Crippen LogP contribution in [-0.4, -0.2) is 19.9 Å². The van der Waals surface area contributed by atoms with Crippen LogP contribution in [0.3, 0.4) is 0 Å². The Hall–Kier alpha value is -7.30. The molecule has 9 aromatic rings. The second kappa shape index (κ2) is 18.5. The van der Waals surface area contributed by atoms with Crippen LogP contribution in [0.2, 0.25) is 0 Å². The maximum Gasteiger partial charge on any atom is 0.165 e. The molecular weight excluding hydrogens is 813 g/mol. The molecule has 0 saturated heterocycles. The van der Waals surface area contributed by atoms with Gasteiger partial charge in [0, 0.05) is 28.5 Å². The molecule has 0 saturated carbocycles. The maximum atomic E-state index is 5.14. The predicted molar refractivity (Wildman–Crippen MR) is 277 cm³/mol. The van der Waals surface area contributed by atoms with Crippen LogP contribution in [0, 0.1) is 0 Å². The van der Waals surface area contributed by atoms with Crippen molar-refractivity contribution in [3.05, 3.63) is 216 Å². The van der Waals surface area contributed by atoms with Crippen molar-refractivity contribution in [2.45, 2.75) is 83.5 Å². The second-order valence-corrected chi connectivity index (χ2v) is 18.5. The van der Waals surface area contributed by atoms with E-state index in [9.17, 15) is 0 Å². The van der Waals surface area contributed by atoms with Crippen molar-refractivity contribution >= 4 is 0 Å². The lowest BCUT2D eigenvalue weighted by atomic mass is 9.70. The van der Waals surface area contributed by atoms with Gasteiger partial charge < -0.3 is 0 Å². The number of fused-ring (bicyclic) bond motifs is 10. The quantitative estimate of drug-likeness (QED) is 0.0963. The molecule has 7 aromatic carbocycles. The third kappa shape index (κ3) is 7.89. The summed E-state index contributed by atoms with van der Waals surface area (Å²) < 4.78 is 0. The lowest BCUT2D eigenvalue weighted by Gasteiger charge is -2.31. The number of aryl methyl sites for hydroxylation is 2. The Morgan fingerprint density at radius 3 is 1.33 bits per heavy atom. The molecule has 0 bridgehead atoms. The molecule has 2 aliphatic carbocycles. The molecule has 0 fully saturated rings. The van der Waals surface area contributed by atoms with Gasteiger partial charge >= 0.3 is 0 Å². The highest BCUT2D eigenvalue weighted by Crippen LogP contribution is 2.63. The van der Waals surface area contributed by atoms with Gasteiger partial charge in [0.1, 0.15) is 0 Å². The molecule has 2 heterocycles. The first-order valence-corrected chi connectivity index (χ1v) is 24.6. The second-order valence-electron chi connectivity index (χ2n) is 18.5. The smallest absolute Gasteiger partial charge is 0.165 e. The highest BCUT2D eigenvalue weighted by Gasteiger charge is 2.51. The summed E-state index contributed by atoms with van der Waals surface area (Å²) in [6.07, 6.45) is 14.4. The topological polar surface area (TPSA) is 51.6 Å². The summed E-state index contributed by atoms with van der Waals surface area (Å²) in [6.45, 7) is 4.60. The van der Waals surface area contributed by atoms with Crippen molar-refractivity contribution in [2.24, 2.45) is 0 Å². The Bertz CT molecular complexity index is 3070. The van der Waals surface area contributed by atoms with Crippen LogP contribution in [0.25, 0.3) is 78.8 Å². The molecule has 67 heavy (non-hydrogen) atoms. The van der Waals surface area contributed by atoms with Crippen molar-refractivity contribution < 1.29 is 0 Å². The zero-order valence-corrected chi connectivity index (χ0v) is 38.7. The summed E-state index contributed by atoms with van der Waals surface area (Å²) in [5, 5.41) is 0. The monoisotopic (exact) mass is 868 g/mol. The van der Waals surface area contributed by atoms with Crippen molar-refractivity contribution in [1.29, 1.82) is 0 Å². The number of pyridine rings is 1. The molecule has 0 unspecified atom stereocenters. The third-order valence-electron chi connectivity index (χ3n) is 14.1. The fourth-order valence-corrected chi connectivity index (χ4v) is 10.8. The minimum absolute atomic E-state index is 0.489. The van der Waals surface area contributed by atoms with Crippen molar-refractivity contribution in [1.82, 2.24) is 19.9 Å². The van der Waals surface area contributed by atoms with E-state index in [4.69, 9.17) is 19.9 Å². The first-order chi connectivity index (χ1) is 33.1. The van der Waals surface area contributed by atoms with Crippen molar-refractivity contribution in [3.8, 4) is 78.8 Å². The zero-order chi connectivity index (χ0) is 45.2. The number of nitrogens with zero attached hydrogens (tertiary/aromatic N) is 4. The number of hydrogen-bond donors (Lipinski definition) is 0. The Kier molecular flexibility index (Phi) is 11.7. The van der Waals surface area contributed by atoms with Crippen LogP contribution in [0.1, 0.15) is 98.6 Å². The first kappa shape index (κ1) is 42.3. The Balaban J connectivity index is 1.01. The molecule has 0 aliphatic heterocycles. The van der Waals surface area contributed by atoms with Crippen molar-refractivity contribution in [3.63, 3.8) is 0 Å². The number of unbranched alkanes of at least 4 members (excludes halogenated alkanes) is 6. The van der Waals surface area contributed by atoms with E-state index < -0.39 is 5.41 Å². The van der Waals surface area contributed by atoms with E-state index in [1.165, 1.54) is 118 Å². The van der Waals surface area contributed by atoms with Crippen LogP contribution in [0.5, 0.6) is 0 Å². The van der Waals surface area contributed by atoms with E-state index in [-0.39, 0.29) is 0 Å². The van der Waals surface area contributed by atoms with Crippen LogP contribution in [0.15, 0.2) is 182 Å². The Morgan fingerprint density at radius 2 is 0.806 bits per heavy atom. The Labute approximate surface area is 395 Å². The molecular formula is C63H56N4. The Morgan fingerprint density at radius 1 is 0.343 bits per heavy atom. The molecule has 4 heteroatoms. The zero-order valence-electron chi connectivity index (χ0n) is 38.7. The molecule has 11 rings (SSSR count). The normalized spacial score (nSPS) is 12.7. The average molecular weight is 869 g/mol. The van der Waals surface area contributed by atoms with E-state index >= 15 is 0 Å². The van der Waals surface area contributed by atoms with E-state index in [0.717, 1.165) is 40.8 Å². The number of benzene rings is 7. The van der Waals surface area contributed by atoms with Gasteiger partial charge in [0.15, 0.2) is 17.5 Å². The summed E-state index contributed by atoms with van der Waals surface area (Å²) in [4.78, 5) is 20.0. The van der Waals surface area contributed by atoms with Gasteiger partial charge in [-0.15, -0.1) is 0 Å². The summed E-state index contributed by atoms with van der Waals surface area (Å²) in [7, 11) is 0. The lowest BCUT2D eigenvalue weighted by molar-refractivity contribution is 0.661. The van der Waals surface area contributed by atoms with Gasteiger partial charge in [-0.2, -0.15) is 0 Å². The third-order valence-corrected chi connectivity index (χ3v) is 14.1. The molecule has 1 spiro atoms. The van der Waals surface area contributed by atoms with Gasteiger partial charge in [-0.25, -0.2) is 15.0 Å². The number of hydrogen-bond acceptors (Lipinski definition) is 4. The molecule has 0 N–H and O–H groups in total. The number of aromatic nitrogens is 4. The highest BCUT2D eigenvalue weighted by molar-refractivity contribution is 5.96. The molecule has 4 nitrogen and oxygen atoms in total. The van der Waals surface area contributed by atoms with Gasteiger partial charge in [-0.1, -0.05) is 204 Å². The number of rotatable bonds is 15. The summed E-state index contributed by atoms with van der Waals surface area (Å²) in [6, 6.07) is 64.5. The van der Waals surface area contributed by atoms with E-state index in [1.807, 2.05) is 66.9 Å². The molecule has 2 aliphatic rings. The predicted octanol–water partition coefficient (Wildman–Crippen LogP) is 16.2. The van der Waals surface area contributed by atoms with Crippen LogP contribution in [0.4, 0.5) is 0 Å². The summed E-state index contributed by atoms with van der Waals surface area (Å²) in [5.74, 6) is 1.86. The largest absolute Gasteiger partial charge is 0.255 e. The van der Waals surface area contributed by atoms with Gasteiger partial charge in [0.05, 0.1) is 11.1 Å². The maximum absolute atomic E-state index is 5.14. The van der Waals surface area contributed by atoms with Crippen LogP contribution >= 0.6 is 0 Å². The minimum atomic E-state index is -0.489. The lowest BCUT2D eigenvalue weighted by Crippen LogP contribution is -2.26. The van der Waals surface area contributed by atoms with E-state index in [0.29, 0.717) is 17.5 Å². The van der Waals surface area contributed by atoms with E-state index in [1.54, 1.807) is 0 Å². The first-order valence-electron chi connectivity index (χ1n) is 24.6. The van der Waals surface area contributed by atoms with Gasteiger partial charge in [-0.3, -0.25) is 4.98 Å². The van der Waals surface area contributed by atoms with Crippen molar-refractivity contribution in [2.75, 3.05) is 0 Å². The van der Waals surface area contributed by atoms with Gasteiger partial charge in [0.25, 0.3) is 0 Å². The minimum Gasteiger partial charge on any atom is -0.255 e. The fourth-order valence-electron chi connectivity index (χ4n) is 10.8. The standard InChI is InChI=1S/C63H56N4/c1-3-5-7-11-21-43-37-44(22-12-8-6-4-2)39-50(38-43)47-31-34-53-54-35-32-48(41-58(54)63(57(53)40-47)55-29-19-17-27-51(55)52-28-18-20-30-56(52)63)59-36-33-49(42-64-59)62-66-60(45-23-13-9-14-24-45)65-61(67-62)46-25-15-10-16-26-46/h9-10,13-20,23-42H,3-8,11-12,21-22H2,1-2H3. The highest BCUT2D eigenvalue weighted by atomic mass is 15.0. The fraction of sp³-hybridized carbons (Fsp3) is 0.206.